The molecule has 6 nitrogen and oxygen atoms in total. The predicted molar refractivity (Wildman–Crippen MR) is 174 cm³/mol. The molecule has 0 bridgehead atoms. The number of nitriles is 1. The van der Waals surface area contributed by atoms with E-state index in [1.807, 2.05) is 4.90 Å². The first-order valence-corrected chi connectivity index (χ1v) is 16.9. The highest BCUT2D eigenvalue weighted by Gasteiger charge is 2.43. The van der Waals surface area contributed by atoms with Crippen molar-refractivity contribution in [3.05, 3.63) is 94.3 Å². The van der Waals surface area contributed by atoms with Crippen molar-refractivity contribution in [2.75, 3.05) is 0 Å². The fourth-order valence-electron chi connectivity index (χ4n) is 7.10. The Kier molecular flexibility index (Phi) is 9.19. The average molecular weight is 670 g/mol. The minimum Gasteiger partial charge on any atom is -0.384 e. The van der Waals surface area contributed by atoms with Gasteiger partial charge in [0.1, 0.15) is 22.1 Å². The lowest BCUT2D eigenvalue weighted by Gasteiger charge is -2.43. The molecule has 234 valence electrons. The van der Waals surface area contributed by atoms with E-state index in [4.69, 9.17) is 28.9 Å². The highest BCUT2D eigenvalue weighted by Crippen LogP contribution is 2.43. The third-order valence-corrected chi connectivity index (χ3v) is 11.0. The number of amides is 1. The van der Waals surface area contributed by atoms with Gasteiger partial charge in [0.15, 0.2) is 0 Å². The Morgan fingerprint density at radius 1 is 0.956 bits per heavy atom. The molecule has 2 heterocycles. The number of nitrogens with zero attached hydrogens (tertiary/aromatic N) is 3. The van der Waals surface area contributed by atoms with Gasteiger partial charge in [-0.1, -0.05) is 73.9 Å². The lowest BCUT2D eigenvalue weighted by atomic mass is 9.81. The summed E-state index contributed by atoms with van der Waals surface area (Å²) in [6.07, 6.45) is 10.8. The van der Waals surface area contributed by atoms with Crippen molar-refractivity contribution in [3.8, 4) is 6.07 Å². The van der Waals surface area contributed by atoms with Crippen molar-refractivity contribution in [3.63, 3.8) is 0 Å². The van der Waals surface area contributed by atoms with E-state index in [9.17, 15) is 14.4 Å². The largest absolute Gasteiger partial charge is 0.384 e. The third-order valence-electron chi connectivity index (χ3n) is 9.23. The standard InChI is InChI=1S/C34H32Cl2F2N4O2S/c35-23-13-7-15-25(37)21(23)17-27-32(43)42-31(40)22(18-39)28(29-24(36)14-8-16-26(29)38)30(34(42)45-27)33(44)41(19-9-3-1-4-10-19)20-11-5-2-6-12-20/h7-8,13-17,19-20,28H,1-6,9-12,40H2/b27-17+. The van der Waals surface area contributed by atoms with Gasteiger partial charge < -0.3 is 10.6 Å². The lowest BCUT2D eigenvalue weighted by Crippen LogP contribution is -2.51. The molecule has 2 aromatic carbocycles. The number of nitrogens with two attached hydrogens (primary N) is 1. The minimum atomic E-state index is -1.26. The number of allylic oxidation sites excluding steroid dienone is 1. The van der Waals surface area contributed by atoms with E-state index < -0.39 is 23.1 Å². The van der Waals surface area contributed by atoms with Gasteiger partial charge >= 0.3 is 0 Å². The van der Waals surface area contributed by atoms with Gasteiger partial charge in [0.05, 0.1) is 32.7 Å². The predicted octanol–water partition coefficient (Wildman–Crippen LogP) is 6.42. The summed E-state index contributed by atoms with van der Waals surface area (Å²) < 4.78 is 31.9. The number of carbonyl (C=O) groups is 1. The van der Waals surface area contributed by atoms with Gasteiger partial charge in [-0.05, 0) is 56.0 Å². The molecule has 0 spiro atoms. The second-order valence-electron chi connectivity index (χ2n) is 11.9. The first-order valence-electron chi connectivity index (χ1n) is 15.3. The zero-order valence-corrected chi connectivity index (χ0v) is 26.8. The molecule has 1 aliphatic heterocycles. The summed E-state index contributed by atoms with van der Waals surface area (Å²) in [6, 6.07) is 10.4. The quantitative estimate of drug-likeness (QED) is 0.340. The van der Waals surface area contributed by atoms with E-state index in [0.29, 0.717) is 0 Å². The SMILES string of the molecule is N#CC1=C(N)n2c(s/c(=C/c3c(F)cccc3Cl)c2=O)=C(C(=O)N(C2CCCCC2)C2CCCCC2)C1c1c(F)cccc1Cl. The fourth-order valence-corrected chi connectivity index (χ4v) is 8.74. The molecule has 0 saturated heterocycles. The first-order chi connectivity index (χ1) is 21.7. The van der Waals surface area contributed by atoms with E-state index in [2.05, 4.69) is 6.07 Å². The van der Waals surface area contributed by atoms with E-state index in [0.717, 1.165) is 80.1 Å². The van der Waals surface area contributed by atoms with Crippen LogP contribution < -0.4 is 20.5 Å². The molecule has 11 heteroatoms. The van der Waals surface area contributed by atoms with Gasteiger partial charge in [0, 0.05) is 28.2 Å². The highest BCUT2D eigenvalue weighted by atomic mass is 35.5. The summed E-state index contributed by atoms with van der Waals surface area (Å²) in [4.78, 5) is 31.1. The van der Waals surface area contributed by atoms with Crippen LogP contribution in [0, 0.1) is 23.0 Å². The molecule has 0 radical (unpaired) electrons. The van der Waals surface area contributed by atoms with Crippen LogP contribution in [0.25, 0.3) is 17.5 Å². The van der Waals surface area contributed by atoms with Crippen molar-refractivity contribution in [1.29, 1.82) is 5.26 Å². The molecule has 45 heavy (non-hydrogen) atoms. The molecular formula is C34H32Cl2F2N4O2S. The molecule has 1 unspecified atom stereocenters. The van der Waals surface area contributed by atoms with Crippen molar-refractivity contribution in [2.45, 2.75) is 82.2 Å². The zero-order valence-electron chi connectivity index (χ0n) is 24.5. The van der Waals surface area contributed by atoms with Crippen molar-refractivity contribution in [1.82, 2.24) is 9.47 Å². The summed E-state index contributed by atoms with van der Waals surface area (Å²) in [5, 5.41) is 10.6. The van der Waals surface area contributed by atoms with Crippen LogP contribution in [0.5, 0.6) is 0 Å². The van der Waals surface area contributed by atoms with Crippen LogP contribution in [0.2, 0.25) is 10.0 Å². The van der Waals surface area contributed by atoms with Crippen LogP contribution in [0.3, 0.4) is 0 Å². The maximum atomic E-state index is 15.7. The van der Waals surface area contributed by atoms with Gasteiger partial charge in [0.2, 0.25) is 0 Å². The summed E-state index contributed by atoms with van der Waals surface area (Å²) in [5.41, 5.74) is 5.77. The van der Waals surface area contributed by atoms with Gasteiger partial charge in [0.25, 0.3) is 11.5 Å². The maximum Gasteiger partial charge on any atom is 0.274 e. The zero-order chi connectivity index (χ0) is 31.8. The monoisotopic (exact) mass is 668 g/mol. The molecule has 1 atom stereocenters. The normalized spacial score (nSPS) is 19.8. The molecule has 6 rings (SSSR count). The molecular weight excluding hydrogens is 637 g/mol. The molecule has 1 amide bonds. The Labute approximate surface area is 273 Å². The molecule has 3 aromatic rings. The average Bonchev–Trinajstić information content (AvgIpc) is 3.35. The van der Waals surface area contributed by atoms with Crippen LogP contribution in [0.1, 0.15) is 81.3 Å². The van der Waals surface area contributed by atoms with E-state index in [1.54, 1.807) is 0 Å². The lowest BCUT2D eigenvalue weighted by molar-refractivity contribution is -0.131. The van der Waals surface area contributed by atoms with Crippen LogP contribution in [0.15, 0.2) is 46.8 Å². The van der Waals surface area contributed by atoms with Crippen LogP contribution >= 0.6 is 34.5 Å². The number of fused-ring (bicyclic) bond motifs is 1. The van der Waals surface area contributed by atoms with E-state index in [1.165, 1.54) is 42.5 Å². The summed E-state index contributed by atoms with van der Waals surface area (Å²) in [5.74, 6) is -3.16. The minimum absolute atomic E-state index is 0.00568. The number of rotatable bonds is 5. The summed E-state index contributed by atoms with van der Waals surface area (Å²) >= 11 is 13.8. The molecule has 2 fully saturated rings. The smallest absolute Gasteiger partial charge is 0.274 e. The molecule has 1 aromatic heterocycles. The maximum absolute atomic E-state index is 15.7. The summed E-state index contributed by atoms with van der Waals surface area (Å²) in [7, 11) is 0. The Bertz CT molecular complexity index is 1860. The molecule has 2 saturated carbocycles. The van der Waals surface area contributed by atoms with Gasteiger partial charge in [-0.2, -0.15) is 5.26 Å². The topological polar surface area (TPSA) is 92.1 Å². The summed E-state index contributed by atoms with van der Waals surface area (Å²) in [6.45, 7) is 0. The van der Waals surface area contributed by atoms with E-state index in [-0.39, 0.29) is 65.3 Å². The van der Waals surface area contributed by atoms with Crippen molar-refractivity contribution >= 4 is 57.9 Å². The van der Waals surface area contributed by atoms with Gasteiger partial charge in [-0.3, -0.25) is 14.2 Å². The van der Waals surface area contributed by atoms with Gasteiger partial charge in [-0.25, -0.2) is 8.78 Å². The first kappa shape index (κ1) is 31.5. The fraction of sp³-hybridized carbons (Fsp3) is 0.382. The number of hydrogen-bond donors (Lipinski definition) is 1. The Morgan fingerprint density at radius 3 is 2.09 bits per heavy atom. The van der Waals surface area contributed by atoms with Gasteiger partial charge in [-0.15, -0.1) is 11.3 Å². The second-order valence-corrected chi connectivity index (χ2v) is 13.7. The van der Waals surface area contributed by atoms with Crippen molar-refractivity contribution < 1.29 is 13.6 Å². The number of halogens is 4. The number of thiazole rings is 1. The number of hydrogen-bond acceptors (Lipinski definition) is 5. The molecule has 2 aliphatic carbocycles. The number of aromatic nitrogens is 1. The van der Waals surface area contributed by atoms with Crippen LogP contribution in [-0.4, -0.2) is 27.5 Å². The Hall–Kier alpha value is -3.45. The number of carbonyl (C=O) groups excluding carboxylic acids is 1. The Balaban J connectivity index is 1.69. The number of benzene rings is 2. The second kappa shape index (κ2) is 13.1. The molecule has 3 aliphatic rings. The molecule has 2 N–H and O–H groups in total. The van der Waals surface area contributed by atoms with Crippen molar-refractivity contribution in [2.24, 2.45) is 5.73 Å². The third kappa shape index (κ3) is 5.73. The van der Waals surface area contributed by atoms with E-state index >= 15 is 9.18 Å². The highest BCUT2D eigenvalue weighted by molar-refractivity contribution is 7.07. The van der Waals surface area contributed by atoms with Crippen LogP contribution in [-0.2, 0) is 4.79 Å². The van der Waals surface area contributed by atoms with Crippen LogP contribution in [0.4, 0.5) is 8.78 Å². The Morgan fingerprint density at radius 2 is 1.53 bits per heavy atom.